The van der Waals surface area contributed by atoms with Gasteiger partial charge < -0.3 is 8.85 Å². The first kappa shape index (κ1) is 10.1. The molecule has 0 atom stereocenters. The van der Waals surface area contributed by atoms with E-state index in [2.05, 4.69) is 8.85 Å². The highest BCUT2D eigenvalue weighted by atomic mass is 28.2. The minimum atomic E-state index is -0.485. The molecule has 0 heterocycles. The van der Waals surface area contributed by atoms with Crippen molar-refractivity contribution in [1.82, 2.24) is 0 Å². The van der Waals surface area contributed by atoms with Gasteiger partial charge in [-0.15, -0.1) is 0 Å². The Morgan fingerprint density at radius 3 is 2.18 bits per heavy atom. The van der Waals surface area contributed by atoms with Crippen LogP contribution in [-0.2, 0) is 18.4 Å². The summed E-state index contributed by atoms with van der Waals surface area (Å²) in [6.45, 7) is 1.51. The fourth-order valence-corrected chi connectivity index (χ4v) is 0.895. The average molecular weight is 190 g/mol. The molecule has 6 heteroatoms. The second kappa shape index (κ2) is 4.86. The molecule has 0 saturated heterocycles. The van der Waals surface area contributed by atoms with E-state index in [9.17, 15) is 9.59 Å². The zero-order valence-corrected chi connectivity index (χ0v) is 10.7. The summed E-state index contributed by atoms with van der Waals surface area (Å²) in [5.74, 6) is -0.940. The molecule has 0 N–H and O–H groups in total. The summed E-state index contributed by atoms with van der Waals surface area (Å²) in [4.78, 5) is 21.3. The van der Waals surface area contributed by atoms with Crippen LogP contribution < -0.4 is 0 Å². The molecule has 0 spiro atoms. The van der Waals surface area contributed by atoms with Gasteiger partial charge in [-0.1, -0.05) is 0 Å². The molecule has 0 aliphatic heterocycles. The predicted octanol–water partition coefficient (Wildman–Crippen LogP) is -2.42. The second-order valence-corrected chi connectivity index (χ2v) is 2.66. The van der Waals surface area contributed by atoms with Gasteiger partial charge in [-0.3, -0.25) is 0 Å². The minimum Gasteiger partial charge on any atom is -0.526 e. The molecule has 0 unspecified atom stereocenters. The lowest BCUT2D eigenvalue weighted by Crippen LogP contribution is -2.06. The van der Waals surface area contributed by atoms with Gasteiger partial charge in [-0.25, -0.2) is 9.59 Å². The lowest BCUT2D eigenvalue weighted by Gasteiger charge is -1.97. The van der Waals surface area contributed by atoms with Crippen molar-refractivity contribution in [3.8, 4) is 0 Å². The van der Waals surface area contributed by atoms with E-state index in [1.807, 2.05) is 0 Å². The molecule has 0 bridgehead atoms. The zero-order valence-electron chi connectivity index (χ0n) is 6.71. The number of carbonyl (C=O) groups excluding carboxylic acids is 2. The van der Waals surface area contributed by atoms with E-state index in [0.717, 1.165) is 6.08 Å². The van der Waals surface area contributed by atoms with Crippen LogP contribution >= 0.6 is 0 Å². The maximum absolute atomic E-state index is 10.7. The highest BCUT2D eigenvalue weighted by Crippen LogP contribution is 1.94. The first-order chi connectivity index (χ1) is 5.11. The van der Waals surface area contributed by atoms with Gasteiger partial charge in [-0.2, -0.15) is 0 Å². The van der Waals surface area contributed by atoms with Crippen molar-refractivity contribution < 1.29 is 18.4 Å². The van der Waals surface area contributed by atoms with Crippen molar-refractivity contribution in [1.29, 1.82) is 0 Å². The van der Waals surface area contributed by atoms with E-state index in [-0.39, 0.29) is 5.57 Å². The van der Waals surface area contributed by atoms with E-state index >= 15 is 0 Å². The van der Waals surface area contributed by atoms with Crippen LogP contribution in [0.3, 0.4) is 0 Å². The molecule has 0 aromatic heterocycles. The topological polar surface area (TPSA) is 52.6 Å². The highest BCUT2D eigenvalue weighted by Gasteiger charge is 2.04. The minimum absolute atomic E-state index is 0.279. The maximum Gasteiger partial charge on any atom is 0.319 e. The summed E-state index contributed by atoms with van der Waals surface area (Å²) in [7, 11) is 0.677. The Morgan fingerprint density at radius 1 is 1.27 bits per heavy atom. The third kappa shape index (κ3) is 3.73. The lowest BCUT2D eigenvalue weighted by molar-refractivity contribution is -0.132. The third-order valence-electron chi connectivity index (χ3n) is 1.04. The van der Waals surface area contributed by atoms with Crippen LogP contribution in [0.15, 0.2) is 11.6 Å². The summed E-state index contributed by atoms with van der Waals surface area (Å²) in [6.07, 6.45) is 1.13. The predicted molar refractivity (Wildman–Crippen MR) is 45.8 cm³/mol. The van der Waals surface area contributed by atoms with E-state index in [1.54, 1.807) is 0 Å². The Morgan fingerprint density at radius 2 is 1.82 bits per heavy atom. The van der Waals surface area contributed by atoms with Gasteiger partial charge >= 0.3 is 11.9 Å². The Kier molecular flexibility index (Phi) is 4.47. The molecule has 11 heavy (non-hydrogen) atoms. The fraction of sp³-hybridized carbons (Fsp3) is 0.200. The van der Waals surface area contributed by atoms with Crippen molar-refractivity contribution >= 4 is 32.9 Å². The van der Waals surface area contributed by atoms with Crippen LogP contribution in [0, 0.1) is 0 Å². The van der Waals surface area contributed by atoms with Crippen LogP contribution in [0.1, 0.15) is 6.92 Å². The first-order valence-corrected chi connectivity index (χ1v) is 4.59. The van der Waals surface area contributed by atoms with Crippen molar-refractivity contribution in [3.63, 3.8) is 0 Å². The van der Waals surface area contributed by atoms with Crippen LogP contribution in [0.4, 0.5) is 0 Å². The average Bonchev–Trinajstić information content (AvgIpc) is 2.02. The van der Waals surface area contributed by atoms with Gasteiger partial charge in [0.1, 0.15) is 0 Å². The molecule has 0 radical (unpaired) electrons. The van der Waals surface area contributed by atoms with E-state index in [0.29, 0.717) is 21.0 Å². The van der Waals surface area contributed by atoms with Gasteiger partial charge in [0.2, 0.25) is 21.0 Å². The first-order valence-electron chi connectivity index (χ1n) is 2.96. The maximum atomic E-state index is 10.7. The van der Waals surface area contributed by atoms with Gasteiger partial charge in [0.15, 0.2) is 0 Å². The Hall–Kier alpha value is -0.886. The molecule has 0 aromatic rings. The summed E-state index contributed by atoms with van der Waals surface area (Å²) < 4.78 is 8.94. The number of hydrogen-bond acceptors (Lipinski definition) is 4. The van der Waals surface area contributed by atoms with E-state index in [1.165, 1.54) is 6.92 Å². The summed E-state index contributed by atoms with van der Waals surface area (Å²) >= 11 is 0. The second-order valence-electron chi connectivity index (χ2n) is 1.84. The van der Waals surface area contributed by atoms with Crippen LogP contribution in [0.25, 0.3) is 0 Å². The quantitative estimate of drug-likeness (QED) is 0.359. The van der Waals surface area contributed by atoms with Gasteiger partial charge in [-0.05, 0) is 6.92 Å². The van der Waals surface area contributed by atoms with Gasteiger partial charge in [0.25, 0.3) is 0 Å². The number of rotatable bonds is 2. The molecule has 0 saturated carbocycles. The van der Waals surface area contributed by atoms with Crippen molar-refractivity contribution in [2.24, 2.45) is 0 Å². The molecule has 62 valence electrons. The van der Waals surface area contributed by atoms with Crippen molar-refractivity contribution in [2.45, 2.75) is 6.92 Å². The molecule has 0 aromatic carbocycles. The van der Waals surface area contributed by atoms with E-state index < -0.39 is 11.9 Å². The zero-order chi connectivity index (χ0) is 8.85. The van der Waals surface area contributed by atoms with E-state index in [4.69, 9.17) is 0 Å². The smallest absolute Gasteiger partial charge is 0.319 e. The normalized spacial score (nSPS) is 11.2. The molecular formula is C5H10O4Si2. The molecule has 0 amide bonds. The summed E-state index contributed by atoms with van der Waals surface area (Å²) in [5, 5.41) is 0. The Balaban J connectivity index is 4.21. The standard InChI is InChI=1S/C5H10O4Si2/c1-3(5(7)9-11)2-4(6)8-10/h2H,1,10-11H3/b3-2-. The van der Waals surface area contributed by atoms with Gasteiger partial charge in [0, 0.05) is 11.6 Å². The highest BCUT2D eigenvalue weighted by molar-refractivity contribution is 6.12. The number of hydrogen-bond donors (Lipinski definition) is 0. The summed E-state index contributed by atoms with van der Waals surface area (Å²) in [5.41, 5.74) is 0.279. The Bertz CT molecular complexity index is 199. The Labute approximate surface area is 70.6 Å². The van der Waals surface area contributed by atoms with Crippen molar-refractivity contribution in [2.75, 3.05) is 0 Å². The van der Waals surface area contributed by atoms with Crippen molar-refractivity contribution in [3.05, 3.63) is 11.6 Å². The lowest BCUT2D eigenvalue weighted by atomic mass is 10.3. The molecule has 0 fully saturated rings. The molecule has 4 nitrogen and oxygen atoms in total. The molecule has 0 aliphatic rings. The SMILES string of the molecule is C/C(=C/C(=O)O[SiH3])C(=O)O[SiH3]. The fourth-order valence-electron chi connectivity index (χ4n) is 0.456. The third-order valence-corrected chi connectivity index (χ3v) is 1.82. The molecule has 0 aliphatic carbocycles. The van der Waals surface area contributed by atoms with Crippen LogP contribution in [0.5, 0.6) is 0 Å². The molecular weight excluding hydrogens is 180 g/mol. The van der Waals surface area contributed by atoms with Gasteiger partial charge in [0.05, 0.1) is 0 Å². The monoisotopic (exact) mass is 190 g/mol. The molecule has 0 rings (SSSR count). The van der Waals surface area contributed by atoms with Crippen LogP contribution in [-0.4, -0.2) is 32.9 Å². The number of carbonyl (C=O) groups is 2. The largest absolute Gasteiger partial charge is 0.526 e. The van der Waals surface area contributed by atoms with Crippen LogP contribution in [0.2, 0.25) is 0 Å². The summed E-state index contributed by atoms with van der Waals surface area (Å²) in [6, 6.07) is 0.